The molecular formula is C26H27N3O4. The molecule has 0 radical (unpaired) electrons. The minimum atomic E-state index is -0.0960. The van der Waals surface area contributed by atoms with Gasteiger partial charge in [-0.15, -0.1) is 0 Å². The zero-order chi connectivity index (χ0) is 23.8. The van der Waals surface area contributed by atoms with E-state index in [0.717, 1.165) is 22.5 Å². The molecule has 4 aromatic rings. The molecule has 33 heavy (non-hydrogen) atoms. The van der Waals surface area contributed by atoms with E-state index in [0.29, 0.717) is 23.1 Å². The zero-order valence-corrected chi connectivity index (χ0v) is 19.4. The lowest BCUT2D eigenvalue weighted by Crippen LogP contribution is -2.17. The van der Waals surface area contributed by atoms with Crippen LogP contribution >= 0.6 is 0 Å². The van der Waals surface area contributed by atoms with E-state index in [1.165, 1.54) is 0 Å². The van der Waals surface area contributed by atoms with E-state index >= 15 is 0 Å². The van der Waals surface area contributed by atoms with Crippen LogP contribution < -0.4 is 19.8 Å². The minimum absolute atomic E-state index is 0.0960. The Labute approximate surface area is 193 Å². The van der Waals surface area contributed by atoms with Gasteiger partial charge in [-0.25, -0.2) is 4.98 Å². The standard InChI is InChI=1S/C16H13N3O.C10H14O3/c1-12-8-9-16(20)19(11-12)15-7-4-6-14(18-15)13-5-2-3-10-17-13;1-7-5-8(11-2)10(13-4)9(6-7)12-3/h2-11H,1H3;5-6H,1-4H3. The largest absolute Gasteiger partial charge is 0.493 e. The maximum atomic E-state index is 11.9. The Morgan fingerprint density at radius 1 is 0.758 bits per heavy atom. The highest BCUT2D eigenvalue weighted by Crippen LogP contribution is 2.37. The predicted molar refractivity (Wildman–Crippen MR) is 129 cm³/mol. The van der Waals surface area contributed by atoms with Crippen molar-refractivity contribution in [3.05, 3.63) is 94.5 Å². The Kier molecular flexibility index (Phi) is 7.81. The van der Waals surface area contributed by atoms with Gasteiger partial charge in [-0.05, 0) is 61.4 Å². The van der Waals surface area contributed by atoms with Gasteiger partial charge in [0.2, 0.25) is 5.75 Å². The number of ether oxygens (including phenoxy) is 3. The third-order valence-corrected chi connectivity index (χ3v) is 4.78. The molecule has 7 nitrogen and oxygen atoms in total. The monoisotopic (exact) mass is 445 g/mol. The summed E-state index contributed by atoms with van der Waals surface area (Å²) in [7, 11) is 4.81. The van der Waals surface area contributed by atoms with E-state index in [1.807, 2.05) is 62.4 Å². The molecule has 0 fully saturated rings. The maximum absolute atomic E-state index is 11.9. The van der Waals surface area contributed by atoms with Crippen molar-refractivity contribution in [2.45, 2.75) is 13.8 Å². The molecule has 7 heteroatoms. The third kappa shape index (κ3) is 5.77. The number of hydrogen-bond donors (Lipinski definition) is 0. The molecule has 0 bridgehead atoms. The summed E-state index contributed by atoms with van der Waals surface area (Å²) in [6.45, 7) is 3.92. The van der Waals surface area contributed by atoms with Gasteiger partial charge in [0, 0.05) is 18.5 Å². The molecule has 0 atom stereocenters. The highest BCUT2D eigenvalue weighted by atomic mass is 16.5. The first kappa shape index (κ1) is 23.5. The van der Waals surface area contributed by atoms with Gasteiger partial charge in [-0.3, -0.25) is 14.3 Å². The number of methoxy groups -OCH3 is 3. The van der Waals surface area contributed by atoms with Crippen LogP contribution in [0.4, 0.5) is 0 Å². The molecule has 0 N–H and O–H groups in total. The molecule has 3 heterocycles. The van der Waals surface area contributed by atoms with Crippen LogP contribution in [0.3, 0.4) is 0 Å². The minimum Gasteiger partial charge on any atom is -0.493 e. The van der Waals surface area contributed by atoms with Crippen LogP contribution in [0.25, 0.3) is 17.2 Å². The van der Waals surface area contributed by atoms with Gasteiger partial charge in [0.25, 0.3) is 5.56 Å². The summed E-state index contributed by atoms with van der Waals surface area (Å²) in [5.41, 5.74) is 3.52. The summed E-state index contributed by atoms with van der Waals surface area (Å²) in [6.07, 6.45) is 3.51. The lowest BCUT2D eigenvalue weighted by molar-refractivity contribution is 0.324. The molecule has 0 aliphatic heterocycles. The van der Waals surface area contributed by atoms with Crippen LogP contribution in [-0.2, 0) is 0 Å². The summed E-state index contributed by atoms with van der Waals surface area (Å²) in [6, 6.07) is 18.4. The van der Waals surface area contributed by atoms with E-state index in [2.05, 4.69) is 9.97 Å². The topological polar surface area (TPSA) is 75.5 Å². The highest BCUT2D eigenvalue weighted by molar-refractivity contribution is 5.55. The molecular weight excluding hydrogens is 418 g/mol. The van der Waals surface area contributed by atoms with Crippen molar-refractivity contribution in [2.75, 3.05) is 21.3 Å². The summed E-state index contributed by atoms with van der Waals surface area (Å²) in [4.78, 5) is 20.7. The summed E-state index contributed by atoms with van der Waals surface area (Å²) >= 11 is 0. The molecule has 0 spiro atoms. The van der Waals surface area contributed by atoms with Crippen molar-refractivity contribution in [3.63, 3.8) is 0 Å². The second kappa shape index (κ2) is 10.9. The van der Waals surface area contributed by atoms with Crippen molar-refractivity contribution < 1.29 is 14.2 Å². The number of pyridine rings is 3. The fraction of sp³-hybridized carbons (Fsp3) is 0.192. The normalized spacial score (nSPS) is 10.1. The first-order chi connectivity index (χ1) is 16.0. The first-order valence-corrected chi connectivity index (χ1v) is 10.3. The molecule has 1 aromatic carbocycles. The molecule has 170 valence electrons. The van der Waals surface area contributed by atoms with Crippen molar-refractivity contribution in [2.24, 2.45) is 0 Å². The van der Waals surface area contributed by atoms with Crippen LogP contribution in [0, 0.1) is 13.8 Å². The lowest BCUT2D eigenvalue weighted by atomic mass is 10.2. The number of aromatic nitrogens is 3. The Balaban J connectivity index is 0.000000205. The van der Waals surface area contributed by atoms with Crippen LogP contribution in [0.15, 0.2) is 77.9 Å². The van der Waals surface area contributed by atoms with Crippen molar-refractivity contribution >= 4 is 0 Å². The second-order valence-corrected chi connectivity index (χ2v) is 7.21. The molecule has 0 amide bonds. The average molecular weight is 446 g/mol. The molecule has 0 aliphatic rings. The van der Waals surface area contributed by atoms with Crippen LogP contribution in [0.1, 0.15) is 11.1 Å². The second-order valence-electron chi connectivity index (χ2n) is 7.21. The molecule has 4 rings (SSSR count). The molecule has 3 aromatic heterocycles. The highest BCUT2D eigenvalue weighted by Gasteiger charge is 2.10. The number of benzene rings is 1. The Hall–Kier alpha value is -4.13. The first-order valence-electron chi connectivity index (χ1n) is 10.3. The Morgan fingerprint density at radius 2 is 1.45 bits per heavy atom. The quantitative estimate of drug-likeness (QED) is 0.446. The summed E-state index contributed by atoms with van der Waals surface area (Å²) < 4.78 is 17.0. The third-order valence-electron chi connectivity index (χ3n) is 4.78. The van der Waals surface area contributed by atoms with Gasteiger partial charge in [0.15, 0.2) is 11.5 Å². The fourth-order valence-corrected chi connectivity index (χ4v) is 3.20. The van der Waals surface area contributed by atoms with E-state index in [1.54, 1.807) is 50.4 Å². The van der Waals surface area contributed by atoms with E-state index < -0.39 is 0 Å². The van der Waals surface area contributed by atoms with Crippen molar-refractivity contribution in [3.8, 4) is 34.5 Å². The molecule has 0 saturated carbocycles. The zero-order valence-electron chi connectivity index (χ0n) is 19.4. The van der Waals surface area contributed by atoms with Gasteiger partial charge in [-0.1, -0.05) is 18.2 Å². The van der Waals surface area contributed by atoms with Gasteiger partial charge in [0.1, 0.15) is 5.82 Å². The number of rotatable bonds is 5. The number of nitrogens with zero attached hydrogens (tertiary/aromatic N) is 3. The van der Waals surface area contributed by atoms with Crippen LogP contribution in [-0.4, -0.2) is 35.9 Å². The number of aryl methyl sites for hydroxylation is 2. The molecule has 0 unspecified atom stereocenters. The van der Waals surface area contributed by atoms with Crippen LogP contribution in [0.2, 0.25) is 0 Å². The molecule has 0 aliphatic carbocycles. The summed E-state index contributed by atoms with van der Waals surface area (Å²) in [5, 5.41) is 0. The van der Waals surface area contributed by atoms with Gasteiger partial charge in [0.05, 0.1) is 32.7 Å². The van der Waals surface area contributed by atoms with Gasteiger partial charge < -0.3 is 14.2 Å². The van der Waals surface area contributed by atoms with Crippen molar-refractivity contribution in [1.82, 2.24) is 14.5 Å². The Morgan fingerprint density at radius 3 is 2.06 bits per heavy atom. The van der Waals surface area contributed by atoms with Gasteiger partial charge in [-0.2, -0.15) is 0 Å². The van der Waals surface area contributed by atoms with E-state index in [4.69, 9.17) is 14.2 Å². The number of hydrogen-bond acceptors (Lipinski definition) is 6. The summed E-state index contributed by atoms with van der Waals surface area (Å²) in [5.74, 6) is 2.62. The SMILES string of the molecule is COc1cc(C)cc(OC)c1OC.Cc1ccc(=O)n(-c2cccc(-c3ccccn3)n2)c1. The molecule has 0 saturated heterocycles. The lowest BCUT2D eigenvalue weighted by Gasteiger charge is -2.12. The van der Waals surface area contributed by atoms with Crippen molar-refractivity contribution in [1.29, 1.82) is 0 Å². The predicted octanol–water partition coefficient (Wildman–Crippen LogP) is 4.62. The van der Waals surface area contributed by atoms with E-state index in [-0.39, 0.29) is 5.56 Å². The van der Waals surface area contributed by atoms with E-state index in [9.17, 15) is 4.79 Å². The van der Waals surface area contributed by atoms with Gasteiger partial charge >= 0.3 is 0 Å². The average Bonchev–Trinajstić information content (AvgIpc) is 2.85. The fourth-order valence-electron chi connectivity index (χ4n) is 3.20. The Bertz CT molecular complexity index is 1250. The smallest absolute Gasteiger partial charge is 0.256 e. The maximum Gasteiger partial charge on any atom is 0.256 e. The van der Waals surface area contributed by atoms with Crippen LogP contribution in [0.5, 0.6) is 17.2 Å².